The number of ether oxygens (including phenoxy) is 1. The van der Waals surface area contributed by atoms with E-state index in [0.717, 1.165) is 11.3 Å². The summed E-state index contributed by atoms with van der Waals surface area (Å²) in [5.41, 5.74) is 1.55. The summed E-state index contributed by atoms with van der Waals surface area (Å²) in [5.74, 6) is 0.457. The number of amides is 1. The Morgan fingerprint density at radius 1 is 1.23 bits per heavy atom. The van der Waals surface area contributed by atoms with E-state index < -0.39 is 0 Å². The highest BCUT2D eigenvalue weighted by Crippen LogP contribution is 2.15. The maximum absolute atomic E-state index is 11.7. The van der Waals surface area contributed by atoms with Gasteiger partial charge in [-0.25, -0.2) is 4.68 Å². The van der Waals surface area contributed by atoms with Crippen LogP contribution in [-0.4, -0.2) is 28.8 Å². The minimum absolute atomic E-state index is 0.0546. The van der Waals surface area contributed by atoms with Crippen LogP contribution >= 0.6 is 0 Å². The Balaban J connectivity index is 1.77. The summed E-state index contributed by atoms with van der Waals surface area (Å²) in [6, 6.07) is 10.6. The van der Waals surface area contributed by atoms with E-state index in [4.69, 9.17) is 4.74 Å². The van der Waals surface area contributed by atoms with Gasteiger partial charge in [0, 0.05) is 12.6 Å². The van der Waals surface area contributed by atoms with Crippen LogP contribution in [0.2, 0.25) is 0 Å². The minimum atomic E-state index is -0.232. The molecule has 2 aromatic rings. The Kier molecular flexibility index (Phi) is 5.30. The highest BCUT2D eigenvalue weighted by atomic mass is 16.5. The van der Waals surface area contributed by atoms with Crippen molar-refractivity contribution in [3.8, 4) is 5.75 Å². The number of carbonyl (C=O) groups excluding carboxylic acids is 1. The third-order valence-electron chi connectivity index (χ3n) is 3.10. The molecule has 0 saturated carbocycles. The number of rotatable bonds is 6. The molecule has 1 aromatic heterocycles. The monoisotopic (exact) mass is 301 g/mol. The number of nitrogens with one attached hydrogen (secondary N) is 1. The summed E-state index contributed by atoms with van der Waals surface area (Å²) in [7, 11) is 0. The average molecular weight is 301 g/mol. The van der Waals surface area contributed by atoms with E-state index in [1.54, 1.807) is 6.07 Å². The smallest absolute Gasteiger partial charge is 0.266 e. The number of hydrogen-bond acceptors (Lipinski definition) is 4. The van der Waals surface area contributed by atoms with Gasteiger partial charge in [-0.05, 0) is 31.5 Å². The zero-order valence-electron chi connectivity index (χ0n) is 12.7. The molecule has 22 heavy (non-hydrogen) atoms. The van der Waals surface area contributed by atoms with Crippen molar-refractivity contribution in [2.45, 2.75) is 20.4 Å². The molecule has 0 aliphatic heterocycles. The second-order valence-corrected chi connectivity index (χ2v) is 4.94. The van der Waals surface area contributed by atoms with Crippen molar-refractivity contribution < 1.29 is 9.53 Å². The first-order chi connectivity index (χ1) is 10.6. The SMILES string of the molecule is Cc1ccc(=O)n(CCNC(=O)COc2ccccc2C)n1. The van der Waals surface area contributed by atoms with Gasteiger partial charge in [0.05, 0.1) is 12.2 Å². The molecule has 2 rings (SSSR count). The predicted octanol–water partition coefficient (Wildman–Crippen LogP) is 1.06. The van der Waals surface area contributed by atoms with E-state index >= 15 is 0 Å². The van der Waals surface area contributed by atoms with E-state index in [2.05, 4.69) is 10.4 Å². The van der Waals surface area contributed by atoms with Gasteiger partial charge in [0.2, 0.25) is 0 Å². The van der Waals surface area contributed by atoms with Gasteiger partial charge in [0.15, 0.2) is 6.61 Å². The van der Waals surface area contributed by atoms with Crippen molar-refractivity contribution in [1.82, 2.24) is 15.1 Å². The third-order valence-corrected chi connectivity index (χ3v) is 3.10. The number of benzene rings is 1. The summed E-state index contributed by atoms with van der Waals surface area (Å²) in [4.78, 5) is 23.3. The Morgan fingerprint density at radius 3 is 2.77 bits per heavy atom. The lowest BCUT2D eigenvalue weighted by Crippen LogP contribution is -2.34. The van der Waals surface area contributed by atoms with Crippen LogP contribution < -0.4 is 15.6 Å². The van der Waals surface area contributed by atoms with Crippen LogP contribution in [-0.2, 0) is 11.3 Å². The lowest BCUT2D eigenvalue weighted by atomic mass is 10.2. The highest BCUT2D eigenvalue weighted by molar-refractivity contribution is 5.77. The summed E-state index contributed by atoms with van der Waals surface area (Å²) < 4.78 is 6.78. The van der Waals surface area contributed by atoms with E-state index in [-0.39, 0.29) is 18.1 Å². The fourth-order valence-electron chi connectivity index (χ4n) is 1.93. The molecule has 0 spiro atoms. The molecular formula is C16H19N3O3. The van der Waals surface area contributed by atoms with Gasteiger partial charge in [-0.3, -0.25) is 9.59 Å². The van der Waals surface area contributed by atoms with Gasteiger partial charge >= 0.3 is 0 Å². The first kappa shape index (κ1) is 15.8. The summed E-state index contributed by atoms with van der Waals surface area (Å²) in [5, 5.41) is 6.80. The quantitative estimate of drug-likeness (QED) is 0.865. The van der Waals surface area contributed by atoms with Crippen LogP contribution in [0.5, 0.6) is 5.75 Å². The summed E-state index contributed by atoms with van der Waals surface area (Å²) in [6.45, 7) is 4.33. The number of nitrogens with zero attached hydrogens (tertiary/aromatic N) is 2. The molecule has 1 amide bonds. The van der Waals surface area contributed by atoms with Crippen molar-refractivity contribution in [2.75, 3.05) is 13.2 Å². The largest absolute Gasteiger partial charge is 0.484 e. The van der Waals surface area contributed by atoms with Gasteiger partial charge < -0.3 is 10.1 Å². The maximum Gasteiger partial charge on any atom is 0.266 e. The van der Waals surface area contributed by atoms with E-state index in [1.807, 2.05) is 38.1 Å². The zero-order valence-corrected chi connectivity index (χ0v) is 12.7. The fraction of sp³-hybridized carbons (Fsp3) is 0.312. The van der Waals surface area contributed by atoms with Crippen LogP contribution in [0.3, 0.4) is 0 Å². The van der Waals surface area contributed by atoms with Crippen LogP contribution in [0, 0.1) is 13.8 Å². The molecule has 6 heteroatoms. The lowest BCUT2D eigenvalue weighted by Gasteiger charge is -2.10. The standard InChI is InChI=1S/C16H19N3O3/c1-12-5-3-4-6-14(12)22-11-15(20)17-9-10-19-16(21)8-7-13(2)18-19/h3-8H,9-11H2,1-2H3,(H,17,20). The molecule has 1 heterocycles. The molecular weight excluding hydrogens is 282 g/mol. The third kappa shape index (κ3) is 4.44. The molecule has 0 unspecified atom stereocenters. The number of aromatic nitrogens is 2. The molecule has 0 aliphatic rings. The highest BCUT2D eigenvalue weighted by Gasteiger charge is 2.04. The Morgan fingerprint density at radius 2 is 2.00 bits per heavy atom. The molecule has 1 aromatic carbocycles. The van der Waals surface area contributed by atoms with Gasteiger partial charge in [0.1, 0.15) is 5.75 Å². The number of hydrogen-bond donors (Lipinski definition) is 1. The molecule has 0 bridgehead atoms. The van der Waals surface area contributed by atoms with Crippen molar-refractivity contribution in [2.24, 2.45) is 0 Å². The summed E-state index contributed by atoms with van der Waals surface area (Å²) >= 11 is 0. The van der Waals surface area contributed by atoms with Gasteiger partial charge in [-0.1, -0.05) is 18.2 Å². The predicted molar refractivity (Wildman–Crippen MR) is 82.9 cm³/mol. The first-order valence-electron chi connectivity index (χ1n) is 7.06. The molecule has 0 saturated heterocycles. The minimum Gasteiger partial charge on any atom is -0.484 e. The fourth-order valence-corrected chi connectivity index (χ4v) is 1.93. The van der Waals surface area contributed by atoms with Crippen LogP contribution in [0.1, 0.15) is 11.3 Å². The molecule has 6 nitrogen and oxygen atoms in total. The van der Waals surface area contributed by atoms with Crippen LogP contribution in [0.15, 0.2) is 41.2 Å². The second kappa shape index (κ2) is 7.40. The van der Waals surface area contributed by atoms with E-state index in [0.29, 0.717) is 18.8 Å². The molecule has 116 valence electrons. The van der Waals surface area contributed by atoms with Gasteiger partial charge in [0.25, 0.3) is 11.5 Å². The first-order valence-corrected chi connectivity index (χ1v) is 7.06. The lowest BCUT2D eigenvalue weighted by molar-refractivity contribution is -0.123. The van der Waals surface area contributed by atoms with Crippen LogP contribution in [0.25, 0.3) is 0 Å². The number of para-hydroxylation sites is 1. The number of aryl methyl sites for hydroxylation is 2. The van der Waals surface area contributed by atoms with E-state index in [1.165, 1.54) is 10.7 Å². The van der Waals surface area contributed by atoms with Crippen molar-refractivity contribution in [1.29, 1.82) is 0 Å². The normalized spacial score (nSPS) is 10.3. The zero-order chi connectivity index (χ0) is 15.9. The topological polar surface area (TPSA) is 73.2 Å². The summed E-state index contributed by atoms with van der Waals surface area (Å²) in [6.07, 6.45) is 0. The Bertz CT molecular complexity index is 710. The number of carbonyl (C=O) groups is 1. The second-order valence-electron chi connectivity index (χ2n) is 4.94. The van der Waals surface area contributed by atoms with Crippen molar-refractivity contribution in [3.63, 3.8) is 0 Å². The van der Waals surface area contributed by atoms with Crippen molar-refractivity contribution in [3.05, 3.63) is 58.0 Å². The average Bonchev–Trinajstić information content (AvgIpc) is 2.50. The Labute approximate surface area is 128 Å². The van der Waals surface area contributed by atoms with Gasteiger partial charge in [-0.15, -0.1) is 0 Å². The maximum atomic E-state index is 11.7. The molecule has 1 N–H and O–H groups in total. The molecule has 0 atom stereocenters. The van der Waals surface area contributed by atoms with Gasteiger partial charge in [-0.2, -0.15) is 5.10 Å². The van der Waals surface area contributed by atoms with Crippen molar-refractivity contribution >= 4 is 5.91 Å². The molecule has 0 aliphatic carbocycles. The Hall–Kier alpha value is -2.63. The molecule has 0 radical (unpaired) electrons. The molecule has 0 fully saturated rings. The van der Waals surface area contributed by atoms with Crippen LogP contribution in [0.4, 0.5) is 0 Å². The van der Waals surface area contributed by atoms with E-state index in [9.17, 15) is 9.59 Å².